The molecule has 5 nitrogen and oxygen atoms in total. The van der Waals surface area contributed by atoms with Crippen LogP contribution in [0.1, 0.15) is 36.8 Å². The molecular formula is C15H30N4O. The summed E-state index contributed by atoms with van der Waals surface area (Å²) in [6.45, 7) is 13.3. The van der Waals surface area contributed by atoms with Gasteiger partial charge in [0.25, 0.3) is 0 Å². The van der Waals surface area contributed by atoms with Gasteiger partial charge in [0, 0.05) is 50.6 Å². The molecule has 0 aromatic carbocycles. The Kier molecular flexibility index (Phi) is 7.19. The third-order valence-corrected chi connectivity index (χ3v) is 3.79. The molecule has 1 heterocycles. The highest BCUT2D eigenvalue weighted by atomic mass is 16.5. The fraction of sp³-hybridized carbons (Fsp3) is 0.800. The molecule has 0 saturated heterocycles. The lowest BCUT2D eigenvalue weighted by atomic mass is 10.1. The van der Waals surface area contributed by atoms with Crippen LogP contribution < -0.4 is 5.32 Å². The van der Waals surface area contributed by atoms with Crippen LogP contribution in [0.5, 0.6) is 0 Å². The van der Waals surface area contributed by atoms with Gasteiger partial charge in [-0.1, -0.05) is 0 Å². The minimum atomic E-state index is 0.339. The predicted molar refractivity (Wildman–Crippen MR) is 83.2 cm³/mol. The van der Waals surface area contributed by atoms with Crippen molar-refractivity contribution < 1.29 is 4.74 Å². The molecule has 0 aliphatic carbocycles. The van der Waals surface area contributed by atoms with Gasteiger partial charge < -0.3 is 15.0 Å². The third kappa shape index (κ3) is 4.58. The summed E-state index contributed by atoms with van der Waals surface area (Å²) in [7, 11) is 3.86. The van der Waals surface area contributed by atoms with Crippen molar-refractivity contribution in [1.82, 2.24) is 20.0 Å². The highest BCUT2D eigenvalue weighted by Crippen LogP contribution is 2.20. The molecule has 0 saturated carbocycles. The number of nitrogens with one attached hydrogen (secondary N) is 1. The standard InChI is InChI=1S/C15H30N4O/c1-7-19-14(4)15(13(3)17-19)12(2)16-8-9-18(5)10-11-20-6/h12,16H,7-11H2,1-6H3. The van der Waals surface area contributed by atoms with Crippen molar-refractivity contribution in [2.24, 2.45) is 0 Å². The van der Waals surface area contributed by atoms with Gasteiger partial charge in [0.2, 0.25) is 0 Å². The summed E-state index contributed by atoms with van der Waals surface area (Å²) in [6.07, 6.45) is 0. The van der Waals surface area contributed by atoms with Gasteiger partial charge in [-0.15, -0.1) is 0 Å². The summed E-state index contributed by atoms with van der Waals surface area (Å²) in [4.78, 5) is 2.28. The van der Waals surface area contributed by atoms with E-state index < -0.39 is 0 Å². The van der Waals surface area contributed by atoms with Crippen molar-refractivity contribution in [3.8, 4) is 0 Å². The Morgan fingerprint density at radius 2 is 2.05 bits per heavy atom. The smallest absolute Gasteiger partial charge is 0.0644 e. The summed E-state index contributed by atoms with van der Waals surface area (Å²) in [5, 5.41) is 8.17. The number of aromatic nitrogens is 2. The Balaban J connectivity index is 2.47. The number of hydrogen-bond donors (Lipinski definition) is 1. The number of aryl methyl sites for hydroxylation is 2. The molecule has 0 spiro atoms. The molecule has 1 aromatic heterocycles. The number of likely N-dealkylation sites (N-methyl/N-ethyl adjacent to an activating group) is 1. The van der Waals surface area contributed by atoms with Gasteiger partial charge in [0.1, 0.15) is 0 Å². The molecule has 0 fully saturated rings. The normalized spacial score (nSPS) is 13.2. The second-order valence-electron chi connectivity index (χ2n) is 5.37. The van der Waals surface area contributed by atoms with Crippen LogP contribution in [0.15, 0.2) is 0 Å². The highest BCUT2D eigenvalue weighted by Gasteiger charge is 2.16. The number of rotatable bonds is 9. The van der Waals surface area contributed by atoms with E-state index in [1.807, 2.05) is 0 Å². The first-order chi connectivity index (χ1) is 9.51. The molecular weight excluding hydrogens is 252 g/mol. The van der Waals surface area contributed by atoms with Crippen molar-refractivity contribution in [1.29, 1.82) is 0 Å². The largest absolute Gasteiger partial charge is 0.383 e. The SMILES string of the molecule is CCn1nc(C)c(C(C)NCCN(C)CCOC)c1C. The first-order valence-electron chi connectivity index (χ1n) is 7.46. The maximum absolute atomic E-state index is 5.08. The Bertz CT molecular complexity index is 403. The summed E-state index contributed by atoms with van der Waals surface area (Å²) < 4.78 is 7.16. The summed E-state index contributed by atoms with van der Waals surface area (Å²) in [5.41, 5.74) is 3.75. The first-order valence-corrected chi connectivity index (χ1v) is 7.46. The van der Waals surface area contributed by atoms with Gasteiger partial charge in [-0.2, -0.15) is 5.10 Å². The third-order valence-electron chi connectivity index (χ3n) is 3.79. The van der Waals surface area contributed by atoms with E-state index in [1.54, 1.807) is 7.11 Å². The monoisotopic (exact) mass is 282 g/mol. The average Bonchev–Trinajstić information content (AvgIpc) is 2.70. The lowest BCUT2D eigenvalue weighted by Crippen LogP contribution is -2.32. The van der Waals surface area contributed by atoms with Gasteiger partial charge in [-0.3, -0.25) is 4.68 Å². The molecule has 1 atom stereocenters. The van der Waals surface area contributed by atoms with Gasteiger partial charge in [-0.05, 0) is 34.7 Å². The maximum Gasteiger partial charge on any atom is 0.0644 e. The van der Waals surface area contributed by atoms with Crippen LogP contribution in [-0.4, -0.2) is 55.1 Å². The quantitative estimate of drug-likeness (QED) is 0.749. The van der Waals surface area contributed by atoms with Crippen molar-refractivity contribution in [3.63, 3.8) is 0 Å². The highest BCUT2D eigenvalue weighted by molar-refractivity contribution is 5.27. The van der Waals surface area contributed by atoms with Crippen LogP contribution in [0, 0.1) is 13.8 Å². The van der Waals surface area contributed by atoms with Crippen LogP contribution >= 0.6 is 0 Å². The minimum absolute atomic E-state index is 0.339. The second kappa shape index (κ2) is 8.39. The van der Waals surface area contributed by atoms with Crippen molar-refractivity contribution in [2.45, 2.75) is 40.3 Å². The molecule has 116 valence electrons. The second-order valence-corrected chi connectivity index (χ2v) is 5.37. The van der Waals surface area contributed by atoms with E-state index in [1.165, 1.54) is 11.3 Å². The van der Waals surface area contributed by atoms with E-state index in [9.17, 15) is 0 Å². The molecule has 5 heteroatoms. The van der Waals surface area contributed by atoms with Gasteiger partial charge in [0.15, 0.2) is 0 Å². The molecule has 0 amide bonds. The molecule has 1 N–H and O–H groups in total. The number of hydrogen-bond acceptors (Lipinski definition) is 4. The maximum atomic E-state index is 5.08. The Morgan fingerprint density at radius 1 is 1.35 bits per heavy atom. The Morgan fingerprint density at radius 3 is 2.60 bits per heavy atom. The zero-order chi connectivity index (χ0) is 15.1. The van der Waals surface area contributed by atoms with Gasteiger partial charge in [0.05, 0.1) is 12.3 Å². The zero-order valence-electron chi connectivity index (χ0n) is 13.9. The van der Waals surface area contributed by atoms with Crippen LogP contribution in [0.4, 0.5) is 0 Å². The minimum Gasteiger partial charge on any atom is -0.383 e. The molecule has 0 aliphatic rings. The molecule has 0 bridgehead atoms. The van der Waals surface area contributed by atoms with Crippen molar-refractivity contribution >= 4 is 0 Å². The Labute approximate surface area is 123 Å². The molecule has 0 radical (unpaired) electrons. The molecule has 0 aliphatic heterocycles. The Hall–Kier alpha value is -0.910. The topological polar surface area (TPSA) is 42.3 Å². The van der Waals surface area contributed by atoms with E-state index >= 15 is 0 Å². The summed E-state index contributed by atoms with van der Waals surface area (Å²) >= 11 is 0. The van der Waals surface area contributed by atoms with Crippen LogP contribution in [0.25, 0.3) is 0 Å². The fourth-order valence-corrected chi connectivity index (χ4v) is 2.58. The number of ether oxygens (including phenoxy) is 1. The van der Waals surface area contributed by atoms with E-state index in [2.05, 4.69) is 54.7 Å². The predicted octanol–water partition coefficient (Wildman–Crippen LogP) is 1.75. The van der Waals surface area contributed by atoms with E-state index in [0.717, 1.165) is 38.5 Å². The lowest BCUT2D eigenvalue weighted by molar-refractivity contribution is 0.161. The van der Waals surface area contributed by atoms with Crippen LogP contribution in [0.2, 0.25) is 0 Å². The van der Waals surface area contributed by atoms with Crippen molar-refractivity contribution in [2.75, 3.05) is 40.4 Å². The van der Waals surface area contributed by atoms with Crippen LogP contribution in [-0.2, 0) is 11.3 Å². The lowest BCUT2D eigenvalue weighted by Gasteiger charge is -2.19. The van der Waals surface area contributed by atoms with Crippen LogP contribution in [0.3, 0.4) is 0 Å². The molecule has 20 heavy (non-hydrogen) atoms. The van der Waals surface area contributed by atoms with Crippen molar-refractivity contribution in [3.05, 3.63) is 17.0 Å². The number of nitrogens with zero attached hydrogens (tertiary/aromatic N) is 3. The summed E-state index contributed by atoms with van der Waals surface area (Å²) in [5.74, 6) is 0. The fourth-order valence-electron chi connectivity index (χ4n) is 2.58. The van der Waals surface area contributed by atoms with E-state index in [-0.39, 0.29) is 0 Å². The average molecular weight is 282 g/mol. The first kappa shape index (κ1) is 17.1. The summed E-state index contributed by atoms with van der Waals surface area (Å²) in [6, 6.07) is 0.339. The zero-order valence-corrected chi connectivity index (χ0v) is 13.9. The molecule has 1 unspecified atom stereocenters. The molecule has 1 aromatic rings. The van der Waals surface area contributed by atoms with Gasteiger partial charge >= 0.3 is 0 Å². The van der Waals surface area contributed by atoms with E-state index in [0.29, 0.717) is 6.04 Å². The van der Waals surface area contributed by atoms with Gasteiger partial charge in [-0.25, -0.2) is 0 Å². The number of methoxy groups -OCH3 is 1. The molecule has 1 rings (SSSR count). The van der Waals surface area contributed by atoms with E-state index in [4.69, 9.17) is 4.74 Å².